The molecule has 0 fully saturated rings. The molecule has 0 saturated carbocycles. The topological polar surface area (TPSA) is 56.5 Å². The molecule has 258 valence electrons. The fourth-order valence-electron chi connectivity index (χ4n) is 7.40. The summed E-state index contributed by atoms with van der Waals surface area (Å²) in [6.07, 6.45) is 3.66. The van der Waals surface area contributed by atoms with Crippen LogP contribution in [0.25, 0.3) is 95.0 Å². The monoisotopic (exact) mass is 703 g/mol. The van der Waals surface area contributed by atoms with E-state index in [0.29, 0.717) is 17.5 Å². The van der Waals surface area contributed by atoms with Gasteiger partial charge in [0.15, 0.2) is 17.5 Å². The van der Waals surface area contributed by atoms with Crippen LogP contribution in [0.4, 0.5) is 0 Å². The van der Waals surface area contributed by atoms with E-state index in [0.717, 1.165) is 44.6 Å². The fourth-order valence-corrected chi connectivity index (χ4v) is 7.40. The lowest BCUT2D eigenvalue weighted by Gasteiger charge is -2.10. The molecule has 0 saturated heterocycles. The highest BCUT2D eigenvalue weighted by Gasteiger charge is 2.16. The molecule has 55 heavy (non-hydrogen) atoms. The second-order valence-electron chi connectivity index (χ2n) is 13.6. The van der Waals surface area contributed by atoms with E-state index in [2.05, 4.69) is 149 Å². The Kier molecular flexibility index (Phi) is 8.08. The Bertz CT molecular complexity index is 2940. The highest BCUT2D eigenvalue weighted by molar-refractivity contribution is 6.11. The van der Waals surface area contributed by atoms with Gasteiger partial charge >= 0.3 is 0 Å². The average molecular weight is 704 g/mol. The molecule has 7 aromatic carbocycles. The highest BCUT2D eigenvalue weighted by atomic mass is 15.0. The van der Waals surface area contributed by atoms with Crippen molar-refractivity contribution in [1.29, 1.82) is 0 Å². The quantitative estimate of drug-likeness (QED) is 0.166. The normalized spacial score (nSPS) is 11.3. The minimum absolute atomic E-state index is 0.619. The Labute approximate surface area is 318 Å². The van der Waals surface area contributed by atoms with Crippen LogP contribution in [0.2, 0.25) is 0 Å². The molecule has 0 unspecified atom stereocenters. The predicted octanol–water partition coefficient (Wildman–Crippen LogP) is 12.4. The second-order valence-corrected chi connectivity index (χ2v) is 13.6. The zero-order valence-corrected chi connectivity index (χ0v) is 29.8. The van der Waals surface area contributed by atoms with Crippen molar-refractivity contribution in [3.63, 3.8) is 0 Å². The number of nitrogens with zero attached hydrogens (tertiary/aromatic N) is 5. The van der Waals surface area contributed by atoms with Gasteiger partial charge in [-0.15, -0.1) is 0 Å². The van der Waals surface area contributed by atoms with Gasteiger partial charge in [0.2, 0.25) is 0 Å². The van der Waals surface area contributed by atoms with Gasteiger partial charge in [0.05, 0.1) is 11.0 Å². The molecule has 0 bridgehead atoms. The maximum Gasteiger partial charge on any atom is 0.164 e. The molecule has 10 aromatic rings. The molecule has 5 heteroatoms. The molecule has 0 aliphatic carbocycles. The van der Waals surface area contributed by atoms with Crippen molar-refractivity contribution in [3.05, 3.63) is 200 Å². The van der Waals surface area contributed by atoms with E-state index in [9.17, 15) is 0 Å². The van der Waals surface area contributed by atoms with Gasteiger partial charge in [-0.2, -0.15) is 0 Å². The van der Waals surface area contributed by atoms with Gasteiger partial charge in [0.25, 0.3) is 0 Å². The van der Waals surface area contributed by atoms with Crippen molar-refractivity contribution in [2.24, 2.45) is 0 Å². The maximum atomic E-state index is 5.04. The minimum Gasteiger partial charge on any atom is -0.309 e. The Morgan fingerprint density at radius 1 is 0.309 bits per heavy atom. The lowest BCUT2D eigenvalue weighted by molar-refractivity contribution is 1.07. The standard InChI is InChI=1S/C50H33N5/c1-4-12-34(13-5-1)39-25-27-46-44(31-39)45-32-40(26-28-47(45)55(46)43-19-8-3-9-20-43)35-21-23-37(24-22-35)49-52-48(36-14-6-2-7-15-36)53-50(54-49)41-17-10-16-38(30-41)42-18-11-29-51-33-42/h1-33H. The van der Waals surface area contributed by atoms with Crippen molar-refractivity contribution >= 4 is 21.8 Å². The third kappa shape index (κ3) is 6.14. The summed E-state index contributed by atoms with van der Waals surface area (Å²) >= 11 is 0. The van der Waals surface area contributed by atoms with Crippen molar-refractivity contribution in [2.45, 2.75) is 0 Å². The van der Waals surface area contributed by atoms with E-state index in [4.69, 9.17) is 15.0 Å². The van der Waals surface area contributed by atoms with E-state index >= 15 is 0 Å². The first kappa shape index (κ1) is 32.2. The molecular weight excluding hydrogens is 671 g/mol. The molecule has 0 spiro atoms. The van der Waals surface area contributed by atoms with Crippen LogP contribution in [-0.2, 0) is 0 Å². The Morgan fingerprint density at radius 3 is 1.35 bits per heavy atom. The summed E-state index contributed by atoms with van der Waals surface area (Å²) in [5.41, 5.74) is 13.0. The number of hydrogen-bond donors (Lipinski definition) is 0. The molecule has 0 aliphatic rings. The summed E-state index contributed by atoms with van der Waals surface area (Å²) in [7, 11) is 0. The van der Waals surface area contributed by atoms with E-state index in [1.165, 1.54) is 32.9 Å². The maximum absolute atomic E-state index is 5.04. The van der Waals surface area contributed by atoms with Crippen LogP contribution in [0.15, 0.2) is 200 Å². The number of para-hydroxylation sites is 1. The van der Waals surface area contributed by atoms with E-state index in [1.54, 1.807) is 6.20 Å². The summed E-state index contributed by atoms with van der Waals surface area (Å²) in [6, 6.07) is 65.7. The van der Waals surface area contributed by atoms with E-state index in [1.807, 2.05) is 54.7 Å². The van der Waals surface area contributed by atoms with E-state index in [-0.39, 0.29) is 0 Å². The molecular formula is C50H33N5. The van der Waals surface area contributed by atoms with Crippen LogP contribution >= 0.6 is 0 Å². The van der Waals surface area contributed by atoms with Gasteiger partial charge in [0.1, 0.15) is 0 Å². The van der Waals surface area contributed by atoms with Gasteiger partial charge in [-0.1, -0.05) is 140 Å². The zero-order valence-electron chi connectivity index (χ0n) is 29.8. The molecule has 10 rings (SSSR count). The molecule has 0 aliphatic heterocycles. The molecule has 0 amide bonds. The van der Waals surface area contributed by atoms with Crippen LogP contribution in [0.5, 0.6) is 0 Å². The lowest BCUT2D eigenvalue weighted by Crippen LogP contribution is -2.00. The van der Waals surface area contributed by atoms with Crippen LogP contribution in [0, 0.1) is 0 Å². The average Bonchev–Trinajstić information content (AvgIpc) is 3.60. The summed E-state index contributed by atoms with van der Waals surface area (Å²) in [5, 5.41) is 2.43. The molecule has 5 nitrogen and oxygen atoms in total. The summed E-state index contributed by atoms with van der Waals surface area (Å²) in [6.45, 7) is 0. The zero-order chi connectivity index (χ0) is 36.6. The number of rotatable bonds is 7. The van der Waals surface area contributed by atoms with Crippen LogP contribution in [0.3, 0.4) is 0 Å². The Balaban J connectivity index is 1.06. The summed E-state index contributed by atoms with van der Waals surface area (Å²) in [5.74, 6) is 1.87. The summed E-state index contributed by atoms with van der Waals surface area (Å²) < 4.78 is 2.36. The first-order valence-corrected chi connectivity index (χ1v) is 18.4. The van der Waals surface area contributed by atoms with Crippen LogP contribution < -0.4 is 0 Å². The summed E-state index contributed by atoms with van der Waals surface area (Å²) in [4.78, 5) is 19.3. The highest BCUT2D eigenvalue weighted by Crippen LogP contribution is 2.38. The molecule has 3 heterocycles. The third-order valence-corrected chi connectivity index (χ3v) is 10.1. The fraction of sp³-hybridized carbons (Fsp3) is 0. The first-order chi connectivity index (χ1) is 27.2. The van der Waals surface area contributed by atoms with Crippen LogP contribution in [-0.4, -0.2) is 24.5 Å². The molecule has 0 N–H and O–H groups in total. The Morgan fingerprint density at radius 2 is 0.745 bits per heavy atom. The lowest BCUT2D eigenvalue weighted by atomic mass is 9.99. The van der Waals surface area contributed by atoms with Crippen molar-refractivity contribution in [2.75, 3.05) is 0 Å². The smallest absolute Gasteiger partial charge is 0.164 e. The van der Waals surface area contributed by atoms with E-state index < -0.39 is 0 Å². The first-order valence-electron chi connectivity index (χ1n) is 18.4. The van der Waals surface area contributed by atoms with Crippen molar-refractivity contribution < 1.29 is 0 Å². The molecule has 3 aromatic heterocycles. The van der Waals surface area contributed by atoms with Crippen molar-refractivity contribution in [1.82, 2.24) is 24.5 Å². The van der Waals surface area contributed by atoms with Crippen LogP contribution in [0.1, 0.15) is 0 Å². The van der Waals surface area contributed by atoms with Crippen molar-refractivity contribution in [3.8, 4) is 73.2 Å². The SMILES string of the molecule is c1ccc(-c2ccc3c(c2)c2cc(-c4ccc(-c5nc(-c6ccccc6)nc(-c6cccc(-c7cccnc7)c6)n5)cc4)ccc2n3-c2ccccc2)cc1. The molecule has 0 atom stereocenters. The number of pyridine rings is 1. The van der Waals surface area contributed by atoms with Gasteiger partial charge in [-0.3, -0.25) is 4.98 Å². The van der Waals surface area contributed by atoms with Gasteiger partial charge in [-0.05, 0) is 76.3 Å². The largest absolute Gasteiger partial charge is 0.309 e. The molecule has 0 radical (unpaired) electrons. The minimum atomic E-state index is 0.619. The second kappa shape index (κ2) is 13.8. The number of benzene rings is 7. The van der Waals surface area contributed by atoms with Gasteiger partial charge in [-0.25, -0.2) is 15.0 Å². The number of aromatic nitrogens is 5. The number of hydrogen-bond acceptors (Lipinski definition) is 4. The Hall–Kier alpha value is -7.50. The van der Waals surface area contributed by atoms with Gasteiger partial charge in [0, 0.05) is 51.1 Å². The predicted molar refractivity (Wildman–Crippen MR) is 225 cm³/mol. The number of fused-ring (bicyclic) bond motifs is 3. The van der Waals surface area contributed by atoms with Gasteiger partial charge < -0.3 is 4.57 Å². The third-order valence-electron chi connectivity index (χ3n) is 10.1.